The Bertz CT molecular complexity index is 592. The van der Waals surface area contributed by atoms with E-state index in [1.807, 2.05) is 13.8 Å². The lowest BCUT2D eigenvalue weighted by atomic mass is 10.3. The molecule has 0 amide bonds. The largest absolute Gasteiger partial charge is 0.475 e. The molecule has 1 aromatic rings. The number of ether oxygens (including phenoxy) is 2. The molecule has 0 aliphatic heterocycles. The van der Waals surface area contributed by atoms with Crippen LogP contribution in [0.1, 0.15) is 32.3 Å². The molecule has 1 heterocycles. The minimum absolute atomic E-state index is 0. The van der Waals surface area contributed by atoms with E-state index in [4.69, 9.17) is 21.1 Å². The third-order valence-electron chi connectivity index (χ3n) is 3.28. The van der Waals surface area contributed by atoms with Gasteiger partial charge in [0, 0.05) is 32.5 Å². The van der Waals surface area contributed by atoms with Gasteiger partial charge < -0.3 is 20.1 Å². The van der Waals surface area contributed by atoms with Crippen molar-refractivity contribution in [3.05, 3.63) is 22.8 Å². The first-order valence-electron chi connectivity index (χ1n) is 8.84. The zero-order chi connectivity index (χ0) is 20.1. The number of nitrogens with zero attached hydrogens (tertiary/aromatic N) is 2. The van der Waals surface area contributed by atoms with Crippen LogP contribution < -0.4 is 15.4 Å². The maximum Gasteiger partial charge on any atom is 0.417 e. The van der Waals surface area contributed by atoms with Crippen molar-refractivity contribution in [3.63, 3.8) is 0 Å². The topological polar surface area (TPSA) is 67.8 Å². The van der Waals surface area contributed by atoms with Crippen molar-refractivity contribution < 1.29 is 22.6 Å². The Kier molecular flexibility index (Phi) is 14.4. The summed E-state index contributed by atoms with van der Waals surface area (Å²) < 4.78 is 48.3. The second-order valence-electron chi connectivity index (χ2n) is 5.45. The molecule has 0 aromatic carbocycles. The van der Waals surface area contributed by atoms with Gasteiger partial charge in [-0.1, -0.05) is 11.6 Å². The number of rotatable bonds is 11. The van der Waals surface area contributed by atoms with E-state index >= 15 is 0 Å². The number of aliphatic imine (C=N–C) groups is 1. The minimum atomic E-state index is -4.49. The molecule has 1 aromatic heterocycles. The van der Waals surface area contributed by atoms with Crippen LogP contribution in [0.4, 0.5) is 13.2 Å². The summed E-state index contributed by atoms with van der Waals surface area (Å²) in [4.78, 5) is 8.05. The summed E-state index contributed by atoms with van der Waals surface area (Å²) in [6.07, 6.45) is -1.94. The Morgan fingerprint density at radius 3 is 2.57 bits per heavy atom. The van der Waals surface area contributed by atoms with Crippen LogP contribution in [0.2, 0.25) is 5.02 Å². The lowest BCUT2D eigenvalue weighted by Gasteiger charge is -2.13. The highest BCUT2D eigenvalue weighted by atomic mass is 127. The summed E-state index contributed by atoms with van der Waals surface area (Å²) in [6.45, 7) is 7.29. The highest BCUT2D eigenvalue weighted by molar-refractivity contribution is 14.0. The number of aromatic nitrogens is 1. The summed E-state index contributed by atoms with van der Waals surface area (Å²) in [6, 6.07) is 0.797. The first-order valence-corrected chi connectivity index (χ1v) is 9.21. The van der Waals surface area contributed by atoms with E-state index < -0.39 is 11.7 Å². The van der Waals surface area contributed by atoms with Gasteiger partial charge in [0.05, 0.1) is 12.1 Å². The molecular weight excluding hydrogens is 512 g/mol. The highest BCUT2D eigenvalue weighted by Gasteiger charge is 2.31. The van der Waals surface area contributed by atoms with Crippen LogP contribution in [-0.4, -0.2) is 50.4 Å². The third-order valence-corrected chi connectivity index (χ3v) is 3.55. The normalized spacial score (nSPS) is 11.7. The molecule has 0 unspecified atom stereocenters. The monoisotopic (exact) mass is 538 g/mol. The first kappa shape index (κ1) is 27.0. The van der Waals surface area contributed by atoms with E-state index in [0.29, 0.717) is 38.4 Å². The Hall–Kier alpha value is -1.01. The zero-order valence-corrected chi connectivity index (χ0v) is 19.0. The summed E-state index contributed by atoms with van der Waals surface area (Å²) in [7, 11) is 0. The van der Waals surface area contributed by atoms with Crippen molar-refractivity contribution in [2.75, 3.05) is 39.5 Å². The molecule has 0 aliphatic carbocycles. The highest BCUT2D eigenvalue weighted by Crippen LogP contribution is 2.32. The van der Waals surface area contributed by atoms with Crippen molar-refractivity contribution in [3.8, 4) is 5.88 Å². The summed E-state index contributed by atoms with van der Waals surface area (Å²) in [5, 5.41) is 6.00. The fourth-order valence-corrected chi connectivity index (χ4v) is 2.22. The van der Waals surface area contributed by atoms with Gasteiger partial charge in [-0.25, -0.2) is 4.98 Å². The zero-order valence-electron chi connectivity index (χ0n) is 15.9. The van der Waals surface area contributed by atoms with Crippen LogP contribution in [-0.2, 0) is 10.9 Å². The molecule has 2 N–H and O–H groups in total. The number of nitrogens with one attached hydrogen (secondary N) is 2. The predicted octanol–water partition coefficient (Wildman–Crippen LogP) is 4.12. The maximum atomic E-state index is 12.6. The fourth-order valence-electron chi connectivity index (χ4n) is 2.00. The van der Waals surface area contributed by atoms with E-state index in [0.717, 1.165) is 25.5 Å². The lowest BCUT2D eigenvalue weighted by Crippen LogP contribution is -2.39. The molecule has 11 heteroatoms. The fraction of sp³-hybridized carbons (Fsp3) is 0.647. The van der Waals surface area contributed by atoms with Crippen LogP contribution in [0.25, 0.3) is 0 Å². The second-order valence-corrected chi connectivity index (χ2v) is 5.86. The van der Waals surface area contributed by atoms with Crippen molar-refractivity contribution in [1.29, 1.82) is 0 Å². The Balaban J connectivity index is 0.00000729. The average molecular weight is 539 g/mol. The summed E-state index contributed by atoms with van der Waals surface area (Å²) in [5.41, 5.74) is -0.913. The molecule has 0 saturated heterocycles. The van der Waals surface area contributed by atoms with Gasteiger partial charge >= 0.3 is 6.18 Å². The molecule has 28 heavy (non-hydrogen) atoms. The van der Waals surface area contributed by atoms with E-state index in [-0.39, 0.29) is 41.5 Å². The molecular formula is C17H27ClF3IN4O2. The molecule has 0 saturated carbocycles. The van der Waals surface area contributed by atoms with E-state index in [1.54, 1.807) is 0 Å². The molecule has 0 atom stereocenters. The molecule has 0 aliphatic rings. The van der Waals surface area contributed by atoms with Crippen LogP contribution in [0.15, 0.2) is 17.3 Å². The minimum Gasteiger partial charge on any atom is -0.475 e. The molecule has 1 rings (SSSR count). The van der Waals surface area contributed by atoms with Gasteiger partial charge in [0.25, 0.3) is 0 Å². The Labute approximate surface area is 185 Å². The van der Waals surface area contributed by atoms with Crippen molar-refractivity contribution >= 4 is 41.5 Å². The second kappa shape index (κ2) is 14.9. The third kappa shape index (κ3) is 11.1. The van der Waals surface area contributed by atoms with Crippen molar-refractivity contribution in [2.24, 2.45) is 4.99 Å². The number of guanidine groups is 1. The average Bonchev–Trinajstić information content (AvgIpc) is 2.61. The Morgan fingerprint density at radius 2 is 1.96 bits per heavy atom. The van der Waals surface area contributed by atoms with Crippen LogP contribution in [0.3, 0.4) is 0 Å². The molecule has 0 spiro atoms. The van der Waals surface area contributed by atoms with Gasteiger partial charge in [-0.3, -0.25) is 4.99 Å². The SMILES string of the molecule is CCNC(=NCCCCOCC)NCCOc1ncc(C(F)(F)F)cc1Cl.I. The lowest BCUT2D eigenvalue weighted by molar-refractivity contribution is -0.137. The number of unbranched alkanes of at least 4 members (excludes halogenated alkanes) is 1. The van der Waals surface area contributed by atoms with Gasteiger partial charge in [-0.05, 0) is 32.8 Å². The van der Waals surface area contributed by atoms with Crippen molar-refractivity contribution in [1.82, 2.24) is 15.6 Å². The van der Waals surface area contributed by atoms with Gasteiger partial charge in [0.2, 0.25) is 5.88 Å². The smallest absolute Gasteiger partial charge is 0.417 e. The molecule has 162 valence electrons. The molecule has 0 bridgehead atoms. The predicted molar refractivity (Wildman–Crippen MR) is 115 cm³/mol. The van der Waals surface area contributed by atoms with E-state index in [1.165, 1.54) is 0 Å². The number of pyridine rings is 1. The molecule has 6 nitrogen and oxygen atoms in total. The van der Waals surface area contributed by atoms with Crippen molar-refractivity contribution in [2.45, 2.75) is 32.9 Å². The van der Waals surface area contributed by atoms with Crippen LogP contribution in [0.5, 0.6) is 5.88 Å². The quantitative estimate of drug-likeness (QED) is 0.192. The summed E-state index contributed by atoms with van der Waals surface area (Å²) in [5.74, 6) is 0.605. The Morgan fingerprint density at radius 1 is 1.21 bits per heavy atom. The molecule has 0 fully saturated rings. The van der Waals surface area contributed by atoms with Gasteiger partial charge in [0.1, 0.15) is 11.6 Å². The van der Waals surface area contributed by atoms with Gasteiger partial charge in [-0.15, -0.1) is 24.0 Å². The maximum absolute atomic E-state index is 12.6. The summed E-state index contributed by atoms with van der Waals surface area (Å²) >= 11 is 5.79. The molecule has 0 radical (unpaired) electrons. The number of alkyl halides is 3. The standard InChI is InChI=1S/C17H26ClF3N4O2.HI/c1-3-22-16(23-7-5-6-9-26-4-2)24-8-10-27-15-14(18)11-13(12-25-15)17(19,20)21;/h11-12H,3-10H2,1-2H3,(H2,22,23,24);1H. The van der Waals surface area contributed by atoms with Crippen LogP contribution >= 0.6 is 35.6 Å². The number of hydrogen-bond acceptors (Lipinski definition) is 4. The van der Waals surface area contributed by atoms with Crippen LogP contribution in [0, 0.1) is 0 Å². The van der Waals surface area contributed by atoms with E-state index in [9.17, 15) is 13.2 Å². The van der Waals surface area contributed by atoms with Gasteiger partial charge in [0.15, 0.2) is 5.96 Å². The van der Waals surface area contributed by atoms with E-state index in [2.05, 4.69) is 20.6 Å². The van der Waals surface area contributed by atoms with Gasteiger partial charge in [-0.2, -0.15) is 13.2 Å². The number of halogens is 5. The first-order chi connectivity index (χ1) is 12.9. The number of hydrogen-bond donors (Lipinski definition) is 2.